The number of ether oxygens (including phenoxy) is 1. The first-order valence-electron chi connectivity index (χ1n) is 8.47. The Hall–Kier alpha value is -3.66. The quantitative estimate of drug-likeness (QED) is 0.402. The first kappa shape index (κ1) is 20.1. The van der Waals surface area contributed by atoms with Crippen molar-refractivity contribution >= 4 is 28.0 Å². The highest BCUT2D eigenvalue weighted by molar-refractivity contribution is 7.92. The van der Waals surface area contributed by atoms with Gasteiger partial charge in [0.2, 0.25) is 5.95 Å². The van der Waals surface area contributed by atoms with Crippen molar-refractivity contribution in [1.29, 1.82) is 0 Å². The summed E-state index contributed by atoms with van der Waals surface area (Å²) in [6, 6.07) is 14.3. The minimum absolute atomic E-state index is 0.0272. The molecular weight excluding hydrogens is 394 g/mol. The standard InChI is InChI=1S/C19H19N5O4S/c1-13-10-18(23-20-12-14-8-9-16(25)17(11-14)28-2)22-19(21-13)24-29(26,27)15-6-4-3-5-7-15/h3-12,25H,1-2H3,(H2,21,22,23,24)/b20-12+. The molecule has 0 aliphatic rings. The molecule has 0 atom stereocenters. The largest absolute Gasteiger partial charge is 0.504 e. The molecule has 0 saturated heterocycles. The van der Waals surface area contributed by atoms with Gasteiger partial charge in [0.05, 0.1) is 18.2 Å². The molecule has 1 heterocycles. The second kappa shape index (κ2) is 8.57. The maximum absolute atomic E-state index is 12.4. The number of nitrogens with zero attached hydrogens (tertiary/aromatic N) is 3. The van der Waals surface area contributed by atoms with Crippen LogP contribution in [0.4, 0.5) is 11.8 Å². The van der Waals surface area contributed by atoms with Crippen molar-refractivity contribution < 1.29 is 18.3 Å². The zero-order valence-electron chi connectivity index (χ0n) is 15.7. The van der Waals surface area contributed by atoms with Gasteiger partial charge in [-0.05, 0) is 42.8 Å². The molecule has 0 saturated carbocycles. The van der Waals surface area contributed by atoms with E-state index in [0.717, 1.165) is 0 Å². The Balaban J connectivity index is 1.76. The summed E-state index contributed by atoms with van der Waals surface area (Å²) in [6.45, 7) is 1.71. The van der Waals surface area contributed by atoms with E-state index in [1.54, 1.807) is 43.3 Å². The number of hydrogen-bond donors (Lipinski definition) is 3. The predicted octanol–water partition coefficient (Wildman–Crippen LogP) is 2.75. The monoisotopic (exact) mass is 413 g/mol. The summed E-state index contributed by atoms with van der Waals surface area (Å²) >= 11 is 0. The highest BCUT2D eigenvalue weighted by Gasteiger charge is 2.15. The maximum Gasteiger partial charge on any atom is 0.264 e. The van der Waals surface area contributed by atoms with Gasteiger partial charge in [0, 0.05) is 11.8 Å². The van der Waals surface area contributed by atoms with E-state index in [1.807, 2.05) is 0 Å². The lowest BCUT2D eigenvalue weighted by Gasteiger charge is -2.09. The zero-order valence-corrected chi connectivity index (χ0v) is 16.5. The Bertz CT molecular complexity index is 1130. The van der Waals surface area contributed by atoms with Crippen molar-refractivity contribution in [3.05, 3.63) is 65.9 Å². The number of hydrogen-bond acceptors (Lipinski definition) is 8. The molecule has 10 heteroatoms. The molecule has 0 radical (unpaired) electrons. The van der Waals surface area contributed by atoms with E-state index >= 15 is 0 Å². The van der Waals surface area contributed by atoms with Gasteiger partial charge in [0.1, 0.15) is 0 Å². The van der Waals surface area contributed by atoms with Gasteiger partial charge in [-0.3, -0.25) is 5.43 Å². The average Bonchev–Trinajstić information content (AvgIpc) is 2.69. The van der Waals surface area contributed by atoms with Crippen molar-refractivity contribution in [2.24, 2.45) is 5.10 Å². The molecule has 9 nitrogen and oxygen atoms in total. The fraction of sp³-hybridized carbons (Fsp3) is 0.105. The van der Waals surface area contributed by atoms with Gasteiger partial charge in [-0.25, -0.2) is 18.1 Å². The van der Waals surface area contributed by atoms with Crippen LogP contribution in [0.25, 0.3) is 0 Å². The number of phenols is 1. The summed E-state index contributed by atoms with van der Waals surface area (Å²) in [5.41, 5.74) is 3.97. The Kier molecular flexibility index (Phi) is 5.93. The van der Waals surface area contributed by atoms with Crippen LogP contribution in [0.3, 0.4) is 0 Å². The van der Waals surface area contributed by atoms with Gasteiger partial charge in [-0.1, -0.05) is 18.2 Å². The van der Waals surface area contributed by atoms with Crippen molar-refractivity contribution in [3.8, 4) is 11.5 Å². The molecule has 3 rings (SSSR count). The number of methoxy groups -OCH3 is 1. The van der Waals surface area contributed by atoms with Crippen LogP contribution < -0.4 is 14.9 Å². The maximum atomic E-state index is 12.4. The Morgan fingerprint density at radius 1 is 1.10 bits per heavy atom. The molecule has 0 aliphatic carbocycles. The number of anilines is 2. The van der Waals surface area contributed by atoms with E-state index in [4.69, 9.17) is 4.74 Å². The predicted molar refractivity (Wildman–Crippen MR) is 110 cm³/mol. The Labute approximate surface area is 168 Å². The summed E-state index contributed by atoms with van der Waals surface area (Å²) < 4.78 is 32.3. The minimum atomic E-state index is -3.80. The normalized spacial score (nSPS) is 11.4. The molecular formula is C19H19N5O4S. The molecule has 0 fully saturated rings. The molecule has 29 heavy (non-hydrogen) atoms. The van der Waals surface area contributed by atoms with Crippen molar-refractivity contribution in [2.45, 2.75) is 11.8 Å². The number of nitrogens with one attached hydrogen (secondary N) is 2. The van der Waals surface area contributed by atoms with E-state index in [9.17, 15) is 13.5 Å². The fourth-order valence-corrected chi connectivity index (χ4v) is 3.36. The molecule has 3 aromatic rings. The number of aryl methyl sites for hydroxylation is 1. The van der Waals surface area contributed by atoms with E-state index in [1.165, 1.54) is 31.5 Å². The lowest BCUT2D eigenvalue weighted by Crippen LogP contribution is -2.15. The smallest absolute Gasteiger partial charge is 0.264 e. The van der Waals surface area contributed by atoms with Crippen LogP contribution in [-0.2, 0) is 10.0 Å². The van der Waals surface area contributed by atoms with Crippen LogP contribution in [0.15, 0.2) is 64.6 Å². The van der Waals surface area contributed by atoms with E-state index in [2.05, 4.69) is 25.2 Å². The summed E-state index contributed by atoms with van der Waals surface area (Å²) in [6.07, 6.45) is 1.51. The number of sulfonamides is 1. The first-order valence-corrected chi connectivity index (χ1v) is 9.95. The third-order valence-corrected chi connectivity index (χ3v) is 5.07. The number of aromatic hydroxyl groups is 1. The van der Waals surface area contributed by atoms with E-state index < -0.39 is 10.0 Å². The van der Waals surface area contributed by atoms with Crippen molar-refractivity contribution in [3.63, 3.8) is 0 Å². The number of hydrazone groups is 1. The van der Waals surface area contributed by atoms with Crippen LogP contribution in [0, 0.1) is 6.92 Å². The first-order chi connectivity index (χ1) is 13.9. The summed E-state index contributed by atoms with van der Waals surface area (Å²) in [5.74, 6) is 0.590. The lowest BCUT2D eigenvalue weighted by atomic mass is 10.2. The zero-order chi connectivity index (χ0) is 20.9. The molecule has 2 aromatic carbocycles. The topological polar surface area (TPSA) is 126 Å². The van der Waals surface area contributed by atoms with Gasteiger partial charge in [0.15, 0.2) is 17.3 Å². The molecule has 0 amide bonds. The van der Waals surface area contributed by atoms with Crippen LogP contribution in [0.1, 0.15) is 11.3 Å². The minimum Gasteiger partial charge on any atom is -0.504 e. The number of rotatable bonds is 7. The fourth-order valence-electron chi connectivity index (χ4n) is 2.40. The Morgan fingerprint density at radius 2 is 1.86 bits per heavy atom. The van der Waals surface area contributed by atoms with Crippen molar-refractivity contribution in [1.82, 2.24) is 9.97 Å². The summed E-state index contributed by atoms with van der Waals surface area (Å²) in [5, 5.41) is 13.7. The van der Waals surface area contributed by atoms with Gasteiger partial charge in [-0.15, -0.1) is 0 Å². The molecule has 0 unspecified atom stereocenters. The second-order valence-electron chi connectivity index (χ2n) is 5.94. The van der Waals surface area contributed by atoms with Crippen LogP contribution in [-0.4, -0.2) is 36.8 Å². The van der Waals surface area contributed by atoms with Gasteiger partial charge < -0.3 is 9.84 Å². The van der Waals surface area contributed by atoms with Gasteiger partial charge >= 0.3 is 0 Å². The van der Waals surface area contributed by atoms with Crippen LogP contribution >= 0.6 is 0 Å². The molecule has 150 valence electrons. The van der Waals surface area contributed by atoms with Crippen LogP contribution in [0.2, 0.25) is 0 Å². The summed E-state index contributed by atoms with van der Waals surface area (Å²) in [7, 11) is -2.35. The van der Waals surface area contributed by atoms with Gasteiger partial charge in [-0.2, -0.15) is 10.1 Å². The van der Waals surface area contributed by atoms with Crippen LogP contribution in [0.5, 0.6) is 11.5 Å². The molecule has 0 aliphatic heterocycles. The molecule has 3 N–H and O–H groups in total. The number of aromatic nitrogens is 2. The third-order valence-electron chi connectivity index (χ3n) is 3.73. The van der Waals surface area contributed by atoms with Crippen molar-refractivity contribution in [2.75, 3.05) is 17.3 Å². The Morgan fingerprint density at radius 3 is 2.59 bits per heavy atom. The highest BCUT2D eigenvalue weighted by atomic mass is 32.2. The molecule has 0 bridgehead atoms. The average molecular weight is 413 g/mol. The van der Waals surface area contributed by atoms with E-state index in [0.29, 0.717) is 22.8 Å². The lowest BCUT2D eigenvalue weighted by molar-refractivity contribution is 0.373. The molecule has 1 aromatic heterocycles. The van der Waals surface area contributed by atoms with Gasteiger partial charge in [0.25, 0.3) is 10.0 Å². The second-order valence-corrected chi connectivity index (χ2v) is 7.62. The number of phenolic OH excluding ortho intramolecular Hbond substituents is 1. The highest BCUT2D eigenvalue weighted by Crippen LogP contribution is 2.25. The number of benzene rings is 2. The SMILES string of the molecule is COc1cc(/C=N/Nc2cc(C)nc(NS(=O)(=O)c3ccccc3)n2)ccc1O. The third kappa shape index (κ3) is 5.20. The van der Waals surface area contributed by atoms with E-state index in [-0.39, 0.29) is 16.6 Å². The summed E-state index contributed by atoms with van der Waals surface area (Å²) in [4.78, 5) is 8.35. The molecule has 0 spiro atoms.